The fraction of sp³-hybridized carbons (Fsp3) is 0.0769. The smallest absolute Gasteiger partial charge is 0.288 e. The van der Waals surface area contributed by atoms with Gasteiger partial charge in [-0.2, -0.15) is 0 Å². The van der Waals surface area contributed by atoms with Gasteiger partial charge in [0.1, 0.15) is 22.4 Å². The van der Waals surface area contributed by atoms with Gasteiger partial charge in [0, 0.05) is 6.07 Å². The molecule has 20 heavy (non-hydrogen) atoms. The lowest BCUT2D eigenvalue weighted by atomic mass is 10.2. The molecule has 0 aromatic heterocycles. The maximum Gasteiger partial charge on any atom is 0.288 e. The molecule has 0 amide bonds. The Morgan fingerprint density at radius 3 is 2.55 bits per heavy atom. The van der Waals surface area contributed by atoms with Crippen LogP contribution in [0.5, 0.6) is 5.75 Å². The van der Waals surface area contributed by atoms with E-state index in [-0.39, 0.29) is 17.3 Å². The monoisotopic (exact) mass is 331 g/mol. The highest BCUT2D eigenvalue weighted by Crippen LogP contribution is 2.32. The summed E-state index contributed by atoms with van der Waals surface area (Å²) in [5.74, 6) is 0.414. The normalized spacial score (nSPS) is 10.3. The van der Waals surface area contributed by atoms with Crippen molar-refractivity contribution in [3.8, 4) is 5.75 Å². The summed E-state index contributed by atoms with van der Waals surface area (Å²) in [4.78, 5) is 10.2. The van der Waals surface area contributed by atoms with E-state index < -0.39 is 4.92 Å². The van der Waals surface area contributed by atoms with Crippen LogP contribution in [0.25, 0.3) is 0 Å². The highest BCUT2D eigenvalue weighted by molar-refractivity contribution is 6.42. The zero-order valence-electron chi connectivity index (χ0n) is 9.98. The molecule has 0 aliphatic heterocycles. The molecule has 104 valence electrons. The number of hydrogen-bond acceptors (Lipinski definition) is 3. The lowest BCUT2D eigenvalue weighted by molar-refractivity contribution is -0.384. The Morgan fingerprint density at radius 2 is 1.85 bits per heavy atom. The van der Waals surface area contributed by atoms with Crippen molar-refractivity contribution in [2.75, 3.05) is 0 Å². The molecule has 2 aromatic carbocycles. The lowest BCUT2D eigenvalue weighted by Gasteiger charge is -2.09. The average molecular weight is 333 g/mol. The Labute approximate surface area is 130 Å². The molecule has 0 fully saturated rings. The molecule has 0 spiro atoms. The SMILES string of the molecule is O=[N+]([O-])c1cc(COc2cccc(Cl)c2Cl)ccc1Cl. The van der Waals surface area contributed by atoms with Crippen molar-refractivity contribution >= 4 is 40.5 Å². The van der Waals surface area contributed by atoms with Crippen LogP contribution in [0, 0.1) is 10.1 Å². The zero-order valence-corrected chi connectivity index (χ0v) is 12.2. The van der Waals surface area contributed by atoms with Crippen molar-refractivity contribution in [1.29, 1.82) is 0 Å². The Bertz CT molecular complexity index is 661. The Kier molecular flexibility index (Phi) is 4.70. The first-order valence-electron chi connectivity index (χ1n) is 5.48. The van der Waals surface area contributed by atoms with E-state index in [0.29, 0.717) is 21.4 Å². The highest BCUT2D eigenvalue weighted by Gasteiger charge is 2.13. The number of benzene rings is 2. The van der Waals surface area contributed by atoms with E-state index >= 15 is 0 Å². The molecule has 7 heteroatoms. The number of nitrogens with zero attached hydrogens (tertiary/aromatic N) is 1. The fourth-order valence-corrected chi connectivity index (χ4v) is 2.08. The Balaban J connectivity index is 2.17. The van der Waals surface area contributed by atoms with Crippen molar-refractivity contribution in [3.05, 3.63) is 67.1 Å². The van der Waals surface area contributed by atoms with Gasteiger partial charge in [0.25, 0.3) is 5.69 Å². The molecule has 0 atom stereocenters. The molecule has 0 heterocycles. The van der Waals surface area contributed by atoms with Crippen LogP contribution in [0.2, 0.25) is 15.1 Å². The molecule has 0 saturated heterocycles. The third kappa shape index (κ3) is 3.33. The van der Waals surface area contributed by atoms with Gasteiger partial charge in [0.2, 0.25) is 0 Å². The second kappa shape index (κ2) is 6.31. The predicted molar refractivity (Wildman–Crippen MR) is 78.9 cm³/mol. The summed E-state index contributed by atoms with van der Waals surface area (Å²) < 4.78 is 5.50. The first-order chi connectivity index (χ1) is 9.49. The second-order valence-electron chi connectivity index (χ2n) is 3.88. The third-order valence-electron chi connectivity index (χ3n) is 2.52. The summed E-state index contributed by atoms with van der Waals surface area (Å²) in [6, 6.07) is 9.48. The van der Waals surface area contributed by atoms with Crippen LogP contribution in [0.1, 0.15) is 5.56 Å². The molecule has 2 rings (SSSR count). The summed E-state index contributed by atoms with van der Waals surface area (Å²) >= 11 is 17.6. The minimum absolute atomic E-state index is 0.0829. The maximum atomic E-state index is 10.8. The number of hydrogen-bond donors (Lipinski definition) is 0. The van der Waals surface area contributed by atoms with Gasteiger partial charge >= 0.3 is 0 Å². The third-order valence-corrected chi connectivity index (χ3v) is 3.64. The van der Waals surface area contributed by atoms with Gasteiger partial charge in [0.05, 0.1) is 9.95 Å². The molecule has 0 N–H and O–H groups in total. The molecule has 0 aliphatic rings. The standard InChI is InChI=1S/C13H8Cl3NO3/c14-9-5-4-8(6-11(9)17(18)19)7-20-12-3-1-2-10(15)13(12)16/h1-6H,7H2. The van der Waals surface area contributed by atoms with E-state index in [2.05, 4.69) is 0 Å². The average Bonchev–Trinajstić information content (AvgIpc) is 2.41. The first kappa shape index (κ1) is 14.9. The quantitative estimate of drug-likeness (QED) is 0.576. The molecule has 0 saturated carbocycles. The van der Waals surface area contributed by atoms with Gasteiger partial charge in [0.15, 0.2) is 0 Å². The number of ether oxygens (including phenoxy) is 1. The van der Waals surface area contributed by atoms with E-state index in [1.165, 1.54) is 12.1 Å². The number of nitro groups is 1. The van der Waals surface area contributed by atoms with Crippen molar-refractivity contribution in [3.63, 3.8) is 0 Å². The van der Waals surface area contributed by atoms with Crippen molar-refractivity contribution in [2.45, 2.75) is 6.61 Å². The predicted octanol–water partition coefficient (Wildman–Crippen LogP) is 5.13. The summed E-state index contributed by atoms with van der Waals surface area (Å²) in [7, 11) is 0. The first-order valence-corrected chi connectivity index (χ1v) is 6.62. The summed E-state index contributed by atoms with van der Waals surface area (Å²) in [5, 5.41) is 11.6. The van der Waals surface area contributed by atoms with Crippen LogP contribution >= 0.6 is 34.8 Å². The highest BCUT2D eigenvalue weighted by atomic mass is 35.5. The van der Waals surface area contributed by atoms with E-state index in [0.717, 1.165) is 0 Å². The fourth-order valence-electron chi connectivity index (χ4n) is 1.54. The van der Waals surface area contributed by atoms with E-state index in [1.807, 2.05) is 0 Å². The second-order valence-corrected chi connectivity index (χ2v) is 5.08. The van der Waals surface area contributed by atoms with Crippen LogP contribution in [-0.4, -0.2) is 4.92 Å². The number of rotatable bonds is 4. The van der Waals surface area contributed by atoms with Crippen LogP contribution in [-0.2, 0) is 6.61 Å². The van der Waals surface area contributed by atoms with Gasteiger partial charge < -0.3 is 4.74 Å². The van der Waals surface area contributed by atoms with Gasteiger partial charge in [-0.3, -0.25) is 10.1 Å². The topological polar surface area (TPSA) is 52.4 Å². The summed E-state index contributed by atoms with van der Waals surface area (Å²) in [6.07, 6.45) is 0. The Hall–Kier alpha value is -1.49. The maximum absolute atomic E-state index is 10.8. The van der Waals surface area contributed by atoms with Crippen LogP contribution in [0.4, 0.5) is 5.69 Å². The zero-order chi connectivity index (χ0) is 14.7. The summed E-state index contributed by atoms with van der Waals surface area (Å²) in [5.41, 5.74) is 0.446. The van der Waals surface area contributed by atoms with Gasteiger partial charge in [-0.1, -0.05) is 46.9 Å². The molecular weight excluding hydrogens is 325 g/mol. The molecule has 2 aromatic rings. The molecule has 0 unspecified atom stereocenters. The van der Waals surface area contributed by atoms with E-state index in [9.17, 15) is 10.1 Å². The van der Waals surface area contributed by atoms with Crippen LogP contribution in [0.15, 0.2) is 36.4 Å². The van der Waals surface area contributed by atoms with Crippen LogP contribution < -0.4 is 4.74 Å². The number of nitro benzene ring substituents is 1. The van der Waals surface area contributed by atoms with Gasteiger partial charge in [-0.15, -0.1) is 0 Å². The van der Waals surface area contributed by atoms with Crippen molar-refractivity contribution in [2.24, 2.45) is 0 Å². The van der Waals surface area contributed by atoms with E-state index in [4.69, 9.17) is 39.5 Å². The largest absolute Gasteiger partial charge is 0.487 e. The molecule has 0 bridgehead atoms. The number of halogens is 3. The molecule has 4 nitrogen and oxygen atoms in total. The van der Waals surface area contributed by atoms with Crippen LogP contribution in [0.3, 0.4) is 0 Å². The van der Waals surface area contributed by atoms with Gasteiger partial charge in [-0.25, -0.2) is 0 Å². The Morgan fingerprint density at radius 1 is 1.10 bits per heavy atom. The lowest BCUT2D eigenvalue weighted by Crippen LogP contribution is -1.98. The van der Waals surface area contributed by atoms with E-state index in [1.54, 1.807) is 24.3 Å². The molecule has 0 radical (unpaired) electrons. The minimum atomic E-state index is -0.543. The van der Waals surface area contributed by atoms with Crippen molar-refractivity contribution in [1.82, 2.24) is 0 Å². The molecular formula is C13H8Cl3NO3. The van der Waals surface area contributed by atoms with Gasteiger partial charge in [-0.05, 0) is 23.8 Å². The van der Waals surface area contributed by atoms with Crippen molar-refractivity contribution < 1.29 is 9.66 Å². The molecule has 0 aliphatic carbocycles. The minimum Gasteiger partial charge on any atom is -0.487 e. The summed E-state index contributed by atoms with van der Waals surface area (Å²) in [6.45, 7) is 0.123.